The predicted molar refractivity (Wildman–Crippen MR) is 128 cm³/mol. The number of aromatic nitrogens is 3. The predicted octanol–water partition coefficient (Wildman–Crippen LogP) is 2.97. The van der Waals surface area contributed by atoms with Gasteiger partial charge in [0.05, 0.1) is 17.6 Å². The molecule has 1 aliphatic heterocycles. The fraction of sp³-hybridized carbons (Fsp3) is 0.381. The Hall–Kier alpha value is -2.40. The summed E-state index contributed by atoms with van der Waals surface area (Å²) in [4.78, 5) is 17.4. The van der Waals surface area contributed by atoms with Crippen LogP contribution in [0.15, 0.2) is 58.4 Å². The van der Waals surface area contributed by atoms with E-state index in [1.54, 1.807) is 6.26 Å². The van der Waals surface area contributed by atoms with E-state index in [0.29, 0.717) is 6.54 Å². The van der Waals surface area contributed by atoms with Gasteiger partial charge in [-0.25, -0.2) is 9.98 Å². The number of halogens is 1. The average molecular weight is 521 g/mol. The van der Waals surface area contributed by atoms with Crippen LogP contribution >= 0.6 is 24.0 Å². The number of rotatable bonds is 6. The third-order valence-corrected chi connectivity index (χ3v) is 4.98. The van der Waals surface area contributed by atoms with Crippen molar-refractivity contribution in [2.45, 2.75) is 20.0 Å². The Bertz CT molecular complexity index is 903. The van der Waals surface area contributed by atoms with Gasteiger partial charge in [-0.05, 0) is 12.5 Å². The minimum Gasteiger partial charge on any atom is -0.364 e. The van der Waals surface area contributed by atoms with E-state index < -0.39 is 0 Å². The molecule has 1 saturated heterocycles. The van der Waals surface area contributed by atoms with Crippen molar-refractivity contribution in [1.82, 2.24) is 30.2 Å². The van der Waals surface area contributed by atoms with Gasteiger partial charge in [0.1, 0.15) is 18.6 Å². The Kier molecular flexibility index (Phi) is 8.26. The number of benzene rings is 1. The molecule has 4 rings (SSSR count). The number of hydrogen-bond donors (Lipinski definition) is 2. The zero-order valence-corrected chi connectivity index (χ0v) is 19.5. The molecule has 2 aromatic heterocycles. The maximum absolute atomic E-state index is 4.93. The monoisotopic (exact) mass is 521 g/mol. The highest BCUT2D eigenvalue weighted by atomic mass is 127. The van der Waals surface area contributed by atoms with E-state index in [9.17, 15) is 0 Å². The number of aromatic amines is 1. The molecule has 1 aromatic carbocycles. The molecule has 0 saturated carbocycles. The first kappa shape index (κ1) is 22.3. The number of aliphatic imine (C=N–C) groups is 1. The second-order valence-electron chi connectivity index (χ2n) is 7.03. The first-order valence-corrected chi connectivity index (χ1v) is 10.1. The first-order valence-electron chi connectivity index (χ1n) is 10.1. The zero-order valence-electron chi connectivity index (χ0n) is 17.1. The minimum atomic E-state index is 0. The molecule has 0 amide bonds. The molecule has 0 radical (unpaired) electrons. The maximum Gasteiger partial charge on any atom is 0.194 e. The number of piperazine rings is 1. The van der Waals surface area contributed by atoms with E-state index in [4.69, 9.17) is 9.52 Å². The van der Waals surface area contributed by atoms with Gasteiger partial charge in [0.15, 0.2) is 5.96 Å². The smallest absolute Gasteiger partial charge is 0.194 e. The summed E-state index contributed by atoms with van der Waals surface area (Å²) in [5, 5.41) is 7.41. The molecule has 3 heterocycles. The summed E-state index contributed by atoms with van der Waals surface area (Å²) >= 11 is 0. The third-order valence-electron chi connectivity index (χ3n) is 4.98. The van der Waals surface area contributed by atoms with E-state index in [2.05, 4.69) is 49.3 Å². The third kappa shape index (κ3) is 5.82. The summed E-state index contributed by atoms with van der Waals surface area (Å²) in [7, 11) is 0. The molecule has 1 fully saturated rings. The van der Waals surface area contributed by atoms with Gasteiger partial charge in [0.25, 0.3) is 0 Å². The zero-order chi connectivity index (χ0) is 19.9. The van der Waals surface area contributed by atoms with Crippen molar-refractivity contribution in [3.05, 3.63) is 60.4 Å². The van der Waals surface area contributed by atoms with Crippen LogP contribution < -0.4 is 5.32 Å². The first-order chi connectivity index (χ1) is 14.3. The molecular formula is C21H28IN7O. The lowest BCUT2D eigenvalue weighted by Crippen LogP contribution is -2.52. The van der Waals surface area contributed by atoms with Crippen molar-refractivity contribution < 1.29 is 4.52 Å². The Morgan fingerprint density at radius 2 is 1.97 bits per heavy atom. The highest BCUT2D eigenvalue weighted by Gasteiger charge is 2.20. The average Bonchev–Trinajstić information content (AvgIpc) is 3.45. The number of H-pyrrole nitrogens is 1. The van der Waals surface area contributed by atoms with Crippen molar-refractivity contribution in [2.75, 3.05) is 32.7 Å². The number of imidazole rings is 1. The Morgan fingerprint density at radius 3 is 2.67 bits per heavy atom. The lowest BCUT2D eigenvalue weighted by atomic mass is 10.2. The number of guanidine groups is 1. The van der Waals surface area contributed by atoms with E-state index in [-0.39, 0.29) is 24.0 Å². The summed E-state index contributed by atoms with van der Waals surface area (Å²) < 4.78 is 4.93. The Balaban J connectivity index is 0.00000256. The lowest BCUT2D eigenvalue weighted by molar-refractivity contribution is 0.169. The van der Waals surface area contributed by atoms with E-state index in [0.717, 1.165) is 68.0 Å². The van der Waals surface area contributed by atoms with E-state index in [1.807, 2.05) is 30.5 Å². The van der Waals surface area contributed by atoms with Crippen LogP contribution in [-0.4, -0.2) is 63.6 Å². The largest absolute Gasteiger partial charge is 0.364 e. The molecule has 0 unspecified atom stereocenters. The van der Waals surface area contributed by atoms with Crippen molar-refractivity contribution in [2.24, 2.45) is 4.99 Å². The molecule has 2 N–H and O–H groups in total. The fourth-order valence-corrected chi connectivity index (χ4v) is 3.45. The highest BCUT2D eigenvalue weighted by molar-refractivity contribution is 14.0. The van der Waals surface area contributed by atoms with Crippen LogP contribution in [0.5, 0.6) is 0 Å². The molecule has 3 aromatic rings. The molecule has 0 bridgehead atoms. The molecule has 160 valence electrons. The molecule has 1 aliphatic rings. The van der Waals surface area contributed by atoms with Crippen LogP contribution in [0.25, 0.3) is 11.3 Å². The Labute approximate surface area is 193 Å². The minimum absolute atomic E-state index is 0. The number of nitrogens with zero attached hydrogens (tertiary/aromatic N) is 5. The molecule has 0 atom stereocenters. The normalized spacial score (nSPS) is 15.1. The van der Waals surface area contributed by atoms with Crippen molar-refractivity contribution in [3.8, 4) is 11.3 Å². The highest BCUT2D eigenvalue weighted by Crippen LogP contribution is 2.16. The number of nitrogens with one attached hydrogen (secondary N) is 2. The van der Waals surface area contributed by atoms with Crippen LogP contribution in [0.2, 0.25) is 0 Å². The lowest BCUT2D eigenvalue weighted by Gasteiger charge is -2.36. The van der Waals surface area contributed by atoms with Crippen molar-refractivity contribution >= 4 is 29.9 Å². The van der Waals surface area contributed by atoms with Gasteiger partial charge < -0.3 is 19.7 Å². The SMILES string of the molecule is CCNC(=NCc1ncc(-c2ccccc2)[nH]1)N1CCN(Cc2ccon2)CC1.I. The van der Waals surface area contributed by atoms with Crippen LogP contribution in [0.1, 0.15) is 18.4 Å². The molecule has 8 nitrogen and oxygen atoms in total. The fourth-order valence-electron chi connectivity index (χ4n) is 3.45. The summed E-state index contributed by atoms with van der Waals surface area (Å²) in [5.41, 5.74) is 3.12. The molecular weight excluding hydrogens is 493 g/mol. The van der Waals surface area contributed by atoms with E-state index >= 15 is 0 Å². The van der Waals surface area contributed by atoms with Crippen LogP contribution in [0.4, 0.5) is 0 Å². The summed E-state index contributed by atoms with van der Waals surface area (Å²) in [6.45, 7) is 8.07. The molecule has 9 heteroatoms. The van der Waals surface area contributed by atoms with Gasteiger partial charge in [0.2, 0.25) is 0 Å². The van der Waals surface area contributed by atoms with Gasteiger partial charge in [-0.15, -0.1) is 24.0 Å². The van der Waals surface area contributed by atoms with Gasteiger partial charge in [0, 0.05) is 45.3 Å². The Morgan fingerprint density at radius 1 is 1.17 bits per heavy atom. The molecule has 30 heavy (non-hydrogen) atoms. The second kappa shape index (κ2) is 11.1. The van der Waals surface area contributed by atoms with Crippen molar-refractivity contribution in [3.63, 3.8) is 0 Å². The van der Waals surface area contributed by atoms with Gasteiger partial charge in [-0.3, -0.25) is 4.90 Å². The maximum atomic E-state index is 4.93. The van der Waals surface area contributed by atoms with Gasteiger partial charge in [-0.1, -0.05) is 35.5 Å². The quantitative estimate of drug-likeness (QED) is 0.295. The number of hydrogen-bond acceptors (Lipinski definition) is 5. The topological polar surface area (TPSA) is 85.6 Å². The van der Waals surface area contributed by atoms with Crippen LogP contribution in [0, 0.1) is 0 Å². The van der Waals surface area contributed by atoms with E-state index in [1.165, 1.54) is 0 Å². The molecule has 0 spiro atoms. The molecule has 0 aliphatic carbocycles. The summed E-state index contributed by atoms with van der Waals surface area (Å²) in [5.74, 6) is 1.80. The van der Waals surface area contributed by atoms with Gasteiger partial charge >= 0.3 is 0 Å². The summed E-state index contributed by atoms with van der Waals surface area (Å²) in [6.07, 6.45) is 3.50. The van der Waals surface area contributed by atoms with Crippen LogP contribution in [-0.2, 0) is 13.1 Å². The van der Waals surface area contributed by atoms with Crippen LogP contribution in [0.3, 0.4) is 0 Å². The van der Waals surface area contributed by atoms with Crippen molar-refractivity contribution in [1.29, 1.82) is 0 Å². The second-order valence-corrected chi connectivity index (χ2v) is 7.03. The standard InChI is InChI=1S/C21H27N7O.HI/c1-2-22-21(28-11-9-27(10-12-28)16-18-8-13-29-26-18)24-15-20-23-14-19(25-20)17-6-4-3-5-7-17;/h3-8,13-14H,2,9-12,15-16H2,1H3,(H,22,24)(H,23,25);1H. The summed E-state index contributed by atoms with van der Waals surface area (Å²) in [6, 6.07) is 12.1. The van der Waals surface area contributed by atoms with Gasteiger partial charge in [-0.2, -0.15) is 0 Å².